The first-order valence-corrected chi connectivity index (χ1v) is 9.33. The fourth-order valence-electron chi connectivity index (χ4n) is 3.76. The highest BCUT2D eigenvalue weighted by molar-refractivity contribution is 5.96. The SMILES string of the molecule is Cc1ccc(O)c(C)c1-n1c(N)c(C#N)c2cnc(NC(=O)[C@H]3CCCN3)nc21. The molecule has 1 aromatic carbocycles. The summed E-state index contributed by atoms with van der Waals surface area (Å²) in [5, 5.41) is 26.1. The molecule has 1 aliphatic heterocycles. The molecule has 0 bridgehead atoms. The molecular formula is C20H21N7O2. The quantitative estimate of drug-likeness (QED) is 0.534. The van der Waals surface area contributed by atoms with Crippen LogP contribution < -0.4 is 16.4 Å². The van der Waals surface area contributed by atoms with Gasteiger partial charge in [0.15, 0.2) is 5.65 Å². The van der Waals surface area contributed by atoms with E-state index in [-0.39, 0.29) is 35.0 Å². The fraction of sp³-hybridized carbons (Fsp3) is 0.300. The molecule has 29 heavy (non-hydrogen) atoms. The topological polar surface area (TPSA) is 142 Å². The van der Waals surface area contributed by atoms with Crippen LogP contribution in [0.3, 0.4) is 0 Å². The van der Waals surface area contributed by atoms with E-state index in [1.807, 2.05) is 6.92 Å². The molecule has 3 aromatic rings. The van der Waals surface area contributed by atoms with Crippen molar-refractivity contribution in [1.82, 2.24) is 19.9 Å². The monoisotopic (exact) mass is 391 g/mol. The van der Waals surface area contributed by atoms with Gasteiger partial charge in [-0.15, -0.1) is 0 Å². The van der Waals surface area contributed by atoms with Crippen molar-refractivity contribution in [2.75, 3.05) is 17.6 Å². The number of nitrogens with two attached hydrogens (primary N) is 1. The number of amides is 1. The summed E-state index contributed by atoms with van der Waals surface area (Å²) in [6.07, 6.45) is 3.19. The number of hydrogen-bond acceptors (Lipinski definition) is 7. The lowest BCUT2D eigenvalue weighted by molar-refractivity contribution is -0.117. The highest BCUT2D eigenvalue weighted by Crippen LogP contribution is 2.35. The van der Waals surface area contributed by atoms with Gasteiger partial charge in [0.1, 0.15) is 23.2 Å². The van der Waals surface area contributed by atoms with Crippen molar-refractivity contribution < 1.29 is 9.90 Å². The number of nitriles is 1. The second-order valence-electron chi connectivity index (χ2n) is 7.15. The van der Waals surface area contributed by atoms with Gasteiger partial charge in [-0.05, 0) is 44.9 Å². The number of rotatable bonds is 3. The van der Waals surface area contributed by atoms with Crippen molar-refractivity contribution >= 4 is 28.7 Å². The van der Waals surface area contributed by atoms with Crippen molar-refractivity contribution in [2.24, 2.45) is 0 Å². The van der Waals surface area contributed by atoms with E-state index in [0.29, 0.717) is 22.3 Å². The number of phenolic OH excluding ortho intramolecular Hbond substituents is 1. The minimum absolute atomic E-state index is 0.111. The van der Waals surface area contributed by atoms with Crippen LogP contribution in [0.5, 0.6) is 5.75 Å². The number of fused-ring (bicyclic) bond motifs is 1. The maximum Gasteiger partial charge on any atom is 0.243 e. The molecule has 4 rings (SSSR count). The number of phenols is 1. The van der Waals surface area contributed by atoms with E-state index in [2.05, 4.69) is 26.7 Å². The van der Waals surface area contributed by atoms with Crippen LogP contribution in [0.1, 0.15) is 29.5 Å². The predicted octanol–water partition coefficient (Wildman–Crippen LogP) is 1.89. The zero-order valence-electron chi connectivity index (χ0n) is 16.2. The van der Waals surface area contributed by atoms with Gasteiger partial charge in [-0.1, -0.05) is 6.07 Å². The lowest BCUT2D eigenvalue weighted by Gasteiger charge is -2.15. The summed E-state index contributed by atoms with van der Waals surface area (Å²) >= 11 is 0. The lowest BCUT2D eigenvalue weighted by Crippen LogP contribution is -2.36. The van der Waals surface area contributed by atoms with Crippen LogP contribution in [0.15, 0.2) is 18.3 Å². The molecule has 0 radical (unpaired) electrons. The number of aromatic nitrogens is 3. The Kier molecular flexibility index (Phi) is 4.56. The summed E-state index contributed by atoms with van der Waals surface area (Å²) in [6.45, 7) is 4.46. The van der Waals surface area contributed by atoms with Gasteiger partial charge in [-0.2, -0.15) is 10.2 Å². The third-order valence-electron chi connectivity index (χ3n) is 5.30. The maximum absolute atomic E-state index is 12.4. The first-order chi connectivity index (χ1) is 13.9. The van der Waals surface area contributed by atoms with Gasteiger partial charge in [-0.3, -0.25) is 14.7 Å². The summed E-state index contributed by atoms with van der Waals surface area (Å²) in [4.78, 5) is 21.1. The third-order valence-corrected chi connectivity index (χ3v) is 5.30. The van der Waals surface area contributed by atoms with Crippen LogP contribution >= 0.6 is 0 Å². The van der Waals surface area contributed by atoms with Gasteiger partial charge in [0.05, 0.1) is 17.1 Å². The van der Waals surface area contributed by atoms with Crippen LogP contribution in [0.25, 0.3) is 16.7 Å². The predicted molar refractivity (Wildman–Crippen MR) is 109 cm³/mol. The summed E-state index contributed by atoms with van der Waals surface area (Å²) in [5.74, 6) is 0.253. The molecule has 2 aromatic heterocycles. The van der Waals surface area contributed by atoms with Gasteiger partial charge < -0.3 is 16.2 Å². The molecule has 9 heteroatoms. The number of aryl methyl sites for hydroxylation is 1. The van der Waals surface area contributed by atoms with Gasteiger partial charge in [0.2, 0.25) is 11.9 Å². The van der Waals surface area contributed by atoms with E-state index in [4.69, 9.17) is 5.73 Å². The van der Waals surface area contributed by atoms with Gasteiger partial charge in [0.25, 0.3) is 0 Å². The maximum atomic E-state index is 12.4. The van der Waals surface area contributed by atoms with E-state index < -0.39 is 0 Å². The fourth-order valence-corrected chi connectivity index (χ4v) is 3.76. The Morgan fingerprint density at radius 3 is 2.93 bits per heavy atom. The molecule has 1 saturated heterocycles. The average Bonchev–Trinajstić information content (AvgIpc) is 3.32. The van der Waals surface area contributed by atoms with E-state index >= 15 is 0 Å². The standard InChI is InChI=1S/C20H21N7O2/c1-10-5-6-15(28)11(2)16(10)27-17(22)12(8-21)13-9-24-20(25-18(13)27)26-19(29)14-4-3-7-23-14/h5-6,9,14,23,28H,3-4,7,22H2,1-2H3,(H,24,25,26,29)/t14-/m1/s1. The Morgan fingerprint density at radius 1 is 1.45 bits per heavy atom. The summed E-state index contributed by atoms with van der Waals surface area (Å²) in [7, 11) is 0. The molecule has 5 N–H and O–H groups in total. The molecule has 0 saturated carbocycles. The second-order valence-corrected chi connectivity index (χ2v) is 7.15. The number of aromatic hydroxyl groups is 1. The molecule has 9 nitrogen and oxygen atoms in total. The molecule has 148 valence electrons. The van der Waals surface area contributed by atoms with Crippen LogP contribution in [-0.2, 0) is 4.79 Å². The first-order valence-electron chi connectivity index (χ1n) is 9.33. The Labute approximate surface area is 167 Å². The number of nitrogen functional groups attached to an aromatic ring is 1. The number of benzene rings is 1. The lowest BCUT2D eigenvalue weighted by atomic mass is 10.1. The minimum atomic E-state index is -0.267. The van der Waals surface area contributed by atoms with E-state index in [0.717, 1.165) is 24.9 Å². The van der Waals surface area contributed by atoms with Crippen molar-refractivity contribution in [3.05, 3.63) is 35.0 Å². The molecular weight excluding hydrogens is 370 g/mol. The van der Waals surface area contributed by atoms with Crippen LogP contribution in [0.4, 0.5) is 11.8 Å². The average molecular weight is 391 g/mol. The number of nitrogens with zero attached hydrogens (tertiary/aromatic N) is 4. The number of nitrogens with one attached hydrogen (secondary N) is 2. The Balaban J connectivity index is 1.88. The molecule has 0 aliphatic carbocycles. The van der Waals surface area contributed by atoms with E-state index in [1.54, 1.807) is 23.6 Å². The van der Waals surface area contributed by atoms with Gasteiger partial charge in [0, 0.05) is 11.8 Å². The normalized spacial score (nSPS) is 16.1. The third kappa shape index (κ3) is 3.03. The number of anilines is 2. The molecule has 1 atom stereocenters. The Morgan fingerprint density at radius 2 is 2.24 bits per heavy atom. The first kappa shape index (κ1) is 18.7. The highest BCUT2D eigenvalue weighted by Gasteiger charge is 2.25. The Hall–Kier alpha value is -3.64. The molecule has 0 unspecified atom stereocenters. The zero-order valence-corrected chi connectivity index (χ0v) is 16.2. The molecule has 1 aliphatic rings. The van der Waals surface area contributed by atoms with Crippen molar-refractivity contribution in [2.45, 2.75) is 32.7 Å². The second kappa shape index (κ2) is 7.07. The number of carbonyl (C=O) groups is 1. The van der Waals surface area contributed by atoms with Crippen LogP contribution in [0, 0.1) is 25.2 Å². The number of carbonyl (C=O) groups excluding carboxylic acids is 1. The summed E-state index contributed by atoms with van der Waals surface area (Å²) < 4.78 is 1.63. The van der Waals surface area contributed by atoms with Gasteiger partial charge >= 0.3 is 0 Å². The van der Waals surface area contributed by atoms with Crippen molar-refractivity contribution in [1.29, 1.82) is 5.26 Å². The number of hydrogen-bond donors (Lipinski definition) is 4. The highest BCUT2D eigenvalue weighted by atomic mass is 16.3. The largest absolute Gasteiger partial charge is 0.508 e. The smallest absolute Gasteiger partial charge is 0.243 e. The van der Waals surface area contributed by atoms with Crippen molar-refractivity contribution in [3.8, 4) is 17.5 Å². The van der Waals surface area contributed by atoms with Crippen molar-refractivity contribution in [3.63, 3.8) is 0 Å². The van der Waals surface area contributed by atoms with Crippen LogP contribution in [0.2, 0.25) is 0 Å². The Bertz CT molecular complexity index is 1170. The minimum Gasteiger partial charge on any atom is -0.508 e. The molecule has 1 fully saturated rings. The van der Waals surface area contributed by atoms with E-state index in [1.165, 1.54) is 6.20 Å². The van der Waals surface area contributed by atoms with Gasteiger partial charge in [-0.25, -0.2) is 4.98 Å². The molecule has 0 spiro atoms. The van der Waals surface area contributed by atoms with Crippen LogP contribution in [-0.4, -0.2) is 38.1 Å². The molecule has 3 heterocycles. The molecule has 1 amide bonds. The zero-order chi connectivity index (χ0) is 20.7. The summed E-state index contributed by atoms with van der Waals surface area (Å²) in [5.41, 5.74) is 9.03. The summed E-state index contributed by atoms with van der Waals surface area (Å²) in [6, 6.07) is 5.21. The van der Waals surface area contributed by atoms with E-state index in [9.17, 15) is 15.2 Å².